The molecule has 0 saturated heterocycles. The van der Waals surface area contributed by atoms with Crippen molar-refractivity contribution in [1.29, 1.82) is 0 Å². The maximum Gasteiger partial charge on any atom is 0.337 e. The third-order valence-corrected chi connectivity index (χ3v) is 5.75. The quantitative estimate of drug-likeness (QED) is 0.560. The standard InChI is InChI=1S/C17H12Cl2O3S/c1-21-12-8-7-11-13(18)15(23-16(11)14(12)19)9-3-5-10(6-4-9)17(20)22-2/h3-8H,1-2H3. The highest BCUT2D eigenvalue weighted by Crippen LogP contribution is 2.47. The third-order valence-electron chi connectivity index (χ3n) is 3.49. The van der Waals surface area contributed by atoms with E-state index in [0.717, 1.165) is 20.5 Å². The molecule has 0 radical (unpaired) electrons. The van der Waals surface area contributed by atoms with Gasteiger partial charge in [0, 0.05) is 5.39 Å². The summed E-state index contributed by atoms with van der Waals surface area (Å²) < 4.78 is 10.8. The van der Waals surface area contributed by atoms with E-state index in [-0.39, 0.29) is 5.97 Å². The van der Waals surface area contributed by atoms with Gasteiger partial charge in [-0.25, -0.2) is 4.79 Å². The average Bonchev–Trinajstić information content (AvgIpc) is 2.92. The van der Waals surface area contributed by atoms with Gasteiger partial charge in [-0.2, -0.15) is 0 Å². The van der Waals surface area contributed by atoms with Gasteiger partial charge in [0.15, 0.2) is 0 Å². The molecule has 6 heteroatoms. The zero-order valence-electron chi connectivity index (χ0n) is 12.4. The van der Waals surface area contributed by atoms with Crippen LogP contribution >= 0.6 is 34.5 Å². The maximum absolute atomic E-state index is 11.5. The smallest absolute Gasteiger partial charge is 0.337 e. The van der Waals surface area contributed by atoms with Gasteiger partial charge in [-0.1, -0.05) is 35.3 Å². The fraction of sp³-hybridized carbons (Fsp3) is 0.118. The summed E-state index contributed by atoms with van der Waals surface area (Å²) in [6.07, 6.45) is 0. The van der Waals surface area contributed by atoms with E-state index in [9.17, 15) is 4.79 Å². The van der Waals surface area contributed by atoms with E-state index >= 15 is 0 Å². The first kappa shape index (κ1) is 16.1. The lowest BCUT2D eigenvalue weighted by Crippen LogP contribution is -2.00. The van der Waals surface area contributed by atoms with Crippen LogP contribution in [0.5, 0.6) is 5.75 Å². The van der Waals surface area contributed by atoms with Crippen molar-refractivity contribution in [2.45, 2.75) is 0 Å². The summed E-state index contributed by atoms with van der Waals surface area (Å²) in [5.41, 5.74) is 1.41. The normalized spacial score (nSPS) is 10.8. The molecule has 1 heterocycles. The van der Waals surface area contributed by atoms with Crippen LogP contribution in [-0.4, -0.2) is 20.2 Å². The molecule has 0 amide bonds. The molecule has 0 aliphatic heterocycles. The minimum Gasteiger partial charge on any atom is -0.495 e. The maximum atomic E-state index is 11.5. The molecule has 23 heavy (non-hydrogen) atoms. The lowest BCUT2D eigenvalue weighted by Gasteiger charge is -2.02. The molecule has 3 aromatic rings. The molecule has 0 aliphatic carbocycles. The SMILES string of the molecule is COC(=O)c1ccc(-c2sc3c(Cl)c(OC)ccc3c2Cl)cc1. The lowest BCUT2D eigenvalue weighted by molar-refractivity contribution is 0.0601. The number of hydrogen-bond acceptors (Lipinski definition) is 4. The Morgan fingerprint density at radius 1 is 1.00 bits per heavy atom. The van der Waals surface area contributed by atoms with Crippen molar-refractivity contribution in [3.63, 3.8) is 0 Å². The van der Waals surface area contributed by atoms with Gasteiger partial charge in [0.05, 0.1) is 34.4 Å². The topological polar surface area (TPSA) is 35.5 Å². The van der Waals surface area contributed by atoms with E-state index in [2.05, 4.69) is 0 Å². The van der Waals surface area contributed by atoms with E-state index in [0.29, 0.717) is 21.4 Å². The van der Waals surface area contributed by atoms with E-state index in [1.807, 2.05) is 18.2 Å². The molecule has 0 atom stereocenters. The van der Waals surface area contributed by atoms with E-state index in [1.165, 1.54) is 18.4 Å². The summed E-state index contributed by atoms with van der Waals surface area (Å²) in [4.78, 5) is 12.4. The van der Waals surface area contributed by atoms with Gasteiger partial charge in [0.25, 0.3) is 0 Å². The van der Waals surface area contributed by atoms with Crippen LogP contribution in [0.15, 0.2) is 36.4 Å². The Hall–Kier alpha value is -1.75. The number of hydrogen-bond donors (Lipinski definition) is 0. The van der Waals surface area contributed by atoms with Crippen LogP contribution in [0.3, 0.4) is 0 Å². The molecule has 0 N–H and O–H groups in total. The molecule has 0 aliphatic rings. The molecular weight excluding hydrogens is 355 g/mol. The summed E-state index contributed by atoms with van der Waals surface area (Å²) in [7, 11) is 2.93. The predicted molar refractivity (Wildman–Crippen MR) is 95.2 cm³/mol. The molecule has 3 rings (SSSR count). The Morgan fingerprint density at radius 2 is 1.70 bits per heavy atom. The van der Waals surface area contributed by atoms with Crippen LogP contribution < -0.4 is 4.74 Å². The van der Waals surface area contributed by atoms with E-state index in [1.54, 1.807) is 25.3 Å². The largest absolute Gasteiger partial charge is 0.495 e. The Bertz CT molecular complexity index is 885. The van der Waals surface area contributed by atoms with Gasteiger partial charge in [0.1, 0.15) is 10.8 Å². The van der Waals surface area contributed by atoms with Crippen molar-refractivity contribution in [3.05, 3.63) is 52.0 Å². The number of rotatable bonds is 3. The Kier molecular flexibility index (Phi) is 4.48. The van der Waals surface area contributed by atoms with Crippen LogP contribution in [0.2, 0.25) is 10.0 Å². The van der Waals surface area contributed by atoms with E-state index < -0.39 is 0 Å². The Morgan fingerprint density at radius 3 is 2.30 bits per heavy atom. The fourth-order valence-corrected chi connectivity index (χ4v) is 4.22. The summed E-state index contributed by atoms with van der Waals surface area (Å²) >= 11 is 14.4. The minimum atomic E-state index is -0.369. The highest BCUT2D eigenvalue weighted by atomic mass is 35.5. The van der Waals surface area contributed by atoms with E-state index in [4.69, 9.17) is 32.7 Å². The number of ether oxygens (including phenoxy) is 2. The second-order valence-electron chi connectivity index (χ2n) is 4.77. The number of halogens is 2. The third kappa shape index (κ3) is 2.78. The number of carbonyl (C=O) groups is 1. The molecule has 1 aromatic heterocycles. The van der Waals surface area contributed by atoms with Gasteiger partial charge < -0.3 is 9.47 Å². The van der Waals surface area contributed by atoms with Crippen molar-refractivity contribution < 1.29 is 14.3 Å². The molecule has 0 unspecified atom stereocenters. The molecule has 2 aromatic carbocycles. The molecule has 0 bridgehead atoms. The van der Waals surface area contributed by atoms with Crippen LogP contribution in [0.25, 0.3) is 20.5 Å². The first-order valence-electron chi connectivity index (χ1n) is 6.70. The number of thiophene rings is 1. The zero-order valence-corrected chi connectivity index (χ0v) is 14.7. The second-order valence-corrected chi connectivity index (χ2v) is 6.55. The van der Waals surface area contributed by atoms with Crippen LogP contribution in [0.4, 0.5) is 0 Å². The van der Waals surface area contributed by atoms with Gasteiger partial charge in [0.2, 0.25) is 0 Å². The minimum absolute atomic E-state index is 0.369. The Balaban J connectivity index is 2.11. The fourth-order valence-electron chi connectivity index (χ4n) is 2.30. The number of carbonyl (C=O) groups excluding carboxylic acids is 1. The number of benzene rings is 2. The van der Waals surface area contributed by atoms with Crippen LogP contribution in [0, 0.1) is 0 Å². The summed E-state index contributed by atoms with van der Waals surface area (Å²) in [6, 6.07) is 10.8. The van der Waals surface area contributed by atoms with Crippen LogP contribution in [-0.2, 0) is 4.74 Å². The number of fused-ring (bicyclic) bond motifs is 1. The first-order chi connectivity index (χ1) is 11.1. The van der Waals surface area contributed by atoms with Crippen molar-refractivity contribution in [2.75, 3.05) is 14.2 Å². The summed E-state index contributed by atoms with van der Waals surface area (Å²) in [5.74, 6) is 0.247. The lowest BCUT2D eigenvalue weighted by atomic mass is 10.1. The van der Waals surface area contributed by atoms with Gasteiger partial charge in [-0.3, -0.25) is 0 Å². The first-order valence-corrected chi connectivity index (χ1v) is 8.27. The molecule has 0 fully saturated rings. The molecule has 118 valence electrons. The van der Waals surface area contributed by atoms with Crippen molar-refractivity contribution in [1.82, 2.24) is 0 Å². The molecular formula is C17H12Cl2O3S. The van der Waals surface area contributed by atoms with Crippen molar-refractivity contribution in [3.8, 4) is 16.2 Å². The highest BCUT2D eigenvalue weighted by Gasteiger charge is 2.17. The Labute approximate surface area is 147 Å². The van der Waals surface area contributed by atoms with Crippen molar-refractivity contribution >= 4 is 50.6 Å². The molecule has 3 nitrogen and oxygen atoms in total. The van der Waals surface area contributed by atoms with Crippen LogP contribution in [0.1, 0.15) is 10.4 Å². The number of esters is 1. The van der Waals surface area contributed by atoms with Gasteiger partial charge in [-0.15, -0.1) is 11.3 Å². The van der Waals surface area contributed by atoms with Gasteiger partial charge >= 0.3 is 5.97 Å². The predicted octanol–water partition coefficient (Wildman–Crippen LogP) is 5.67. The average molecular weight is 367 g/mol. The molecule has 0 spiro atoms. The van der Waals surface area contributed by atoms with Crippen molar-refractivity contribution in [2.24, 2.45) is 0 Å². The highest BCUT2D eigenvalue weighted by molar-refractivity contribution is 7.23. The van der Waals surface area contributed by atoms with Gasteiger partial charge in [-0.05, 0) is 29.8 Å². The summed E-state index contributed by atoms with van der Waals surface area (Å²) in [6.45, 7) is 0. The number of methoxy groups -OCH3 is 2. The zero-order chi connectivity index (χ0) is 16.6. The molecule has 0 saturated carbocycles. The second kappa shape index (κ2) is 6.40. The summed E-state index contributed by atoms with van der Waals surface area (Å²) in [5, 5.41) is 2.07. The monoisotopic (exact) mass is 366 g/mol.